The third kappa shape index (κ3) is 2.60. The molecule has 0 unspecified atom stereocenters. The third-order valence-corrected chi connectivity index (χ3v) is 1.46. The summed E-state index contributed by atoms with van der Waals surface area (Å²) in [4.78, 5) is 0. The summed E-state index contributed by atoms with van der Waals surface area (Å²) in [7, 11) is 0. The molecule has 0 fully saturated rings. The maximum absolute atomic E-state index is 4.10. The first-order valence-electron chi connectivity index (χ1n) is 4.00. The summed E-state index contributed by atoms with van der Waals surface area (Å²) in [5.74, 6) is 0. The van der Waals surface area contributed by atoms with Crippen LogP contribution in [-0.2, 0) is 0 Å². The van der Waals surface area contributed by atoms with Gasteiger partial charge in [0.2, 0.25) is 0 Å². The first kappa shape index (κ1) is 9.26. The maximum atomic E-state index is 4.10. The lowest BCUT2D eigenvalue weighted by Gasteiger charge is -1.99. The Morgan fingerprint density at radius 3 is 2.69 bits per heavy atom. The second-order valence-electron chi connectivity index (χ2n) is 2.37. The third-order valence-electron chi connectivity index (χ3n) is 1.46. The molecule has 1 aromatic heterocycles. The van der Waals surface area contributed by atoms with E-state index in [4.69, 9.17) is 0 Å². The van der Waals surface area contributed by atoms with E-state index in [0.29, 0.717) is 0 Å². The van der Waals surface area contributed by atoms with Crippen molar-refractivity contribution in [2.75, 3.05) is 0 Å². The molecule has 0 saturated carbocycles. The van der Waals surface area contributed by atoms with Crippen molar-refractivity contribution < 1.29 is 0 Å². The molecular weight excluding hydrogens is 160 g/mol. The van der Waals surface area contributed by atoms with E-state index in [-0.39, 0.29) is 0 Å². The molecule has 13 heavy (non-hydrogen) atoms. The molecule has 0 N–H and O–H groups in total. The molecule has 0 atom stereocenters. The van der Waals surface area contributed by atoms with Gasteiger partial charge in [-0.2, -0.15) is 5.10 Å². The van der Waals surface area contributed by atoms with Gasteiger partial charge < -0.3 is 0 Å². The van der Waals surface area contributed by atoms with Crippen molar-refractivity contribution in [3.05, 3.63) is 62.0 Å². The fourth-order valence-corrected chi connectivity index (χ4v) is 0.917. The largest absolute Gasteiger partial charge is 0.241 e. The molecule has 0 spiro atoms. The van der Waals surface area contributed by atoms with Crippen molar-refractivity contribution in [2.45, 2.75) is 0 Å². The van der Waals surface area contributed by atoms with E-state index in [1.54, 1.807) is 23.0 Å². The number of hydrogen-bond donors (Lipinski definition) is 0. The Labute approximate surface area is 78.2 Å². The normalized spacial score (nSPS) is 11.8. The Morgan fingerprint density at radius 2 is 2.15 bits per heavy atom. The molecule has 1 rings (SSSR count). The molecule has 0 aromatic carbocycles. The minimum atomic E-state index is 0.958. The first-order valence-corrected chi connectivity index (χ1v) is 4.00. The van der Waals surface area contributed by atoms with Crippen LogP contribution >= 0.6 is 0 Å². The minimum absolute atomic E-state index is 0.958. The molecule has 2 nitrogen and oxygen atoms in total. The zero-order valence-corrected chi connectivity index (χ0v) is 7.43. The van der Waals surface area contributed by atoms with Gasteiger partial charge in [0.1, 0.15) is 0 Å². The van der Waals surface area contributed by atoms with Crippen molar-refractivity contribution in [1.82, 2.24) is 9.78 Å². The van der Waals surface area contributed by atoms with E-state index in [1.807, 2.05) is 30.5 Å². The molecule has 0 amide bonds. The number of allylic oxidation sites excluding steroid dienone is 6. The Hall–Kier alpha value is -1.83. The molecule has 0 aliphatic heterocycles. The Morgan fingerprint density at radius 1 is 1.31 bits per heavy atom. The lowest BCUT2D eigenvalue weighted by Crippen LogP contribution is -1.93. The summed E-state index contributed by atoms with van der Waals surface area (Å²) >= 11 is 0. The molecular formula is C11H12N2. The molecule has 66 valence electrons. The highest BCUT2D eigenvalue weighted by Crippen LogP contribution is 2.04. The second kappa shape index (κ2) is 4.93. The minimum Gasteiger partial charge on any atom is -0.241 e. The fraction of sp³-hybridized carbons (Fsp3) is 0. The van der Waals surface area contributed by atoms with Crippen LogP contribution in [0.5, 0.6) is 0 Å². The Bertz CT molecular complexity index is 329. The van der Waals surface area contributed by atoms with Crippen LogP contribution in [0, 0.1) is 0 Å². The van der Waals surface area contributed by atoms with Crippen LogP contribution in [0.2, 0.25) is 0 Å². The Balaban J connectivity index is 2.93. The summed E-state index contributed by atoms with van der Waals surface area (Å²) in [5, 5.41) is 4.10. The smallest absolute Gasteiger partial charge is 0.0645 e. The van der Waals surface area contributed by atoms with E-state index >= 15 is 0 Å². The summed E-state index contributed by atoms with van der Waals surface area (Å²) < 4.78 is 1.77. The molecule has 0 aliphatic rings. The molecule has 2 heteroatoms. The van der Waals surface area contributed by atoms with Gasteiger partial charge in [-0.15, -0.1) is 0 Å². The zero-order chi connectivity index (χ0) is 9.52. The van der Waals surface area contributed by atoms with E-state index in [2.05, 4.69) is 18.3 Å². The van der Waals surface area contributed by atoms with Crippen LogP contribution in [0.4, 0.5) is 0 Å². The van der Waals surface area contributed by atoms with Gasteiger partial charge in [-0.25, -0.2) is 4.68 Å². The fourth-order valence-electron chi connectivity index (χ4n) is 0.917. The molecule has 0 radical (unpaired) electrons. The Kier molecular flexibility index (Phi) is 3.51. The second-order valence-corrected chi connectivity index (χ2v) is 2.37. The molecule has 1 heterocycles. The van der Waals surface area contributed by atoms with Crippen LogP contribution in [-0.4, -0.2) is 9.78 Å². The predicted molar refractivity (Wildman–Crippen MR) is 56.0 cm³/mol. The van der Waals surface area contributed by atoms with E-state index in [9.17, 15) is 0 Å². The molecule has 1 aromatic rings. The van der Waals surface area contributed by atoms with Crippen LogP contribution in [0.25, 0.3) is 5.70 Å². The van der Waals surface area contributed by atoms with Crippen LogP contribution in [0.1, 0.15) is 0 Å². The van der Waals surface area contributed by atoms with Gasteiger partial charge in [-0.05, 0) is 18.2 Å². The van der Waals surface area contributed by atoms with Gasteiger partial charge in [-0.3, -0.25) is 0 Å². The van der Waals surface area contributed by atoms with Crippen LogP contribution < -0.4 is 0 Å². The van der Waals surface area contributed by atoms with Crippen LogP contribution in [0.15, 0.2) is 62.0 Å². The summed E-state index contributed by atoms with van der Waals surface area (Å²) in [6.45, 7) is 7.25. The van der Waals surface area contributed by atoms with E-state index in [0.717, 1.165) is 5.70 Å². The lowest BCUT2D eigenvalue weighted by molar-refractivity contribution is 0.910. The number of rotatable bonds is 4. The average molecular weight is 172 g/mol. The van der Waals surface area contributed by atoms with Crippen LogP contribution in [0.3, 0.4) is 0 Å². The predicted octanol–water partition coefficient (Wildman–Crippen LogP) is 2.65. The highest BCUT2D eigenvalue weighted by atomic mass is 15.3. The van der Waals surface area contributed by atoms with Crippen molar-refractivity contribution in [2.24, 2.45) is 0 Å². The van der Waals surface area contributed by atoms with E-state index < -0.39 is 0 Å². The summed E-state index contributed by atoms with van der Waals surface area (Å²) in [6, 6.07) is 1.87. The van der Waals surface area contributed by atoms with Gasteiger partial charge in [0, 0.05) is 12.4 Å². The standard InChI is InChI=1S/C11H12N2/c1-3-5-8-11(7-4-2)13-10-6-9-12-13/h3-10H,1-2H2/b8-5-,11-7+. The zero-order valence-electron chi connectivity index (χ0n) is 7.43. The van der Waals surface area contributed by atoms with Crippen molar-refractivity contribution in [3.63, 3.8) is 0 Å². The average Bonchev–Trinajstić information content (AvgIpc) is 2.65. The monoisotopic (exact) mass is 172 g/mol. The highest BCUT2D eigenvalue weighted by Gasteiger charge is 1.92. The van der Waals surface area contributed by atoms with Gasteiger partial charge in [0.15, 0.2) is 0 Å². The molecule has 0 aliphatic carbocycles. The maximum Gasteiger partial charge on any atom is 0.0645 e. The highest BCUT2D eigenvalue weighted by molar-refractivity contribution is 5.58. The molecule has 0 saturated heterocycles. The quantitative estimate of drug-likeness (QED) is 0.638. The number of nitrogens with zero attached hydrogens (tertiary/aromatic N) is 2. The van der Waals surface area contributed by atoms with Crippen molar-refractivity contribution in [3.8, 4) is 0 Å². The SMILES string of the molecule is C=C/C=C\C(=C/C=C)n1cccn1. The van der Waals surface area contributed by atoms with Gasteiger partial charge in [0.05, 0.1) is 5.70 Å². The first-order chi connectivity index (χ1) is 6.38. The van der Waals surface area contributed by atoms with Gasteiger partial charge >= 0.3 is 0 Å². The molecule has 0 bridgehead atoms. The van der Waals surface area contributed by atoms with Gasteiger partial charge in [0.25, 0.3) is 0 Å². The lowest BCUT2D eigenvalue weighted by atomic mass is 10.3. The van der Waals surface area contributed by atoms with Crippen molar-refractivity contribution >= 4 is 5.70 Å². The van der Waals surface area contributed by atoms with E-state index in [1.165, 1.54) is 0 Å². The summed E-state index contributed by atoms with van der Waals surface area (Å²) in [5.41, 5.74) is 0.958. The number of aromatic nitrogens is 2. The number of hydrogen-bond acceptors (Lipinski definition) is 1. The van der Waals surface area contributed by atoms with Crippen molar-refractivity contribution in [1.29, 1.82) is 0 Å². The topological polar surface area (TPSA) is 17.8 Å². The summed E-state index contributed by atoms with van der Waals surface area (Å²) in [6.07, 6.45) is 12.7. The van der Waals surface area contributed by atoms with Gasteiger partial charge in [-0.1, -0.05) is 31.4 Å².